The molecule has 0 saturated carbocycles. The van der Waals surface area contributed by atoms with Crippen LogP contribution in [-0.2, 0) is 17.6 Å². The highest BCUT2D eigenvalue weighted by Crippen LogP contribution is 2.13. The van der Waals surface area contributed by atoms with Crippen LogP contribution in [0.25, 0.3) is 0 Å². The largest absolute Gasteiger partial charge is 0.351 e. The van der Waals surface area contributed by atoms with Crippen LogP contribution in [0.4, 0.5) is 0 Å². The first kappa shape index (κ1) is 15.3. The highest BCUT2D eigenvalue weighted by molar-refractivity contribution is 5.79. The second-order valence-corrected chi connectivity index (χ2v) is 6.26. The van der Waals surface area contributed by atoms with Gasteiger partial charge in [0, 0.05) is 5.54 Å². The van der Waals surface area contributed by atoms with Gasteiger partial charge in [0.25, 0.3) is 0 Å². The van der Waals surface area contributed by atoms with E-state index >= 15 is 0 Å². The third kappa shape index (κ3) is 5.07. The van der Waals surface area contributed by atoms with E-state index in [-0.39, 0.29) is 11.4 Å². The van der Waals surface area contributed by atoms with Crippen LogP contribution in [0.15, 0.2) is 54.6 Å². The zero-order valence-corrected chi connectivity index (χ0v) is 13.0. The predicted molar refractivity (Wildman–Crippen MR) is 87.3 cm³/mol. The Morgan fingerprint density at radius 3 is 2.19 bits per heavy atom. The van der Waals surface area contributed by atoms with Gasteiger partial charge in [0.15, 0.2) is 0 Å². The summed E-state index contributed by atoms with van der Waals surface area (Å²) in [5.74, 6) is 0.0692. The maximum atomic E-state index is 12.2. The van der Waals surface area contributed by atoms with E-state index in [0.29, 0.717) is 6.42 Å². The lowest BCUT2D eigenvalue weighted by Gasteiger charge is -2.26. The summed E-state index contributed by atoms with van der Waals surface area (Å²) < 4.78 is 0. The van der Waals surface area contributed by atoms with E-state index in [0.717, 1.165) is 12.0 Å². The van der Waals surface area contributed by atoms with E-state index in [2.05, 4.69) is 31.3 Å². The van der Waals surface area contributed by atoms with Gasteiger partial charge in [0.1, 0.15) is 0 Å². The van der Waals surface area contributed by atoms with Crippen LogP contribution in [0, 0.1) is 6.92 Å². The molecule has 0 bridgehead atoms. The van der Waals surface area contributed by atoms with Crippen LogP contribution in [-0.4, -0.2) is 11.4 Å². The van der Waals surface area contributed by atoms with Crippen molar-refractivity contribution in [3.8, 4) is 0 Å². The van der Waals surface area contributed by atoms with E-state index < -0.39 is 0 Å². The summed E-state index contributed by atoms with van der Waals surface area (Å²) in [6.07, 6.45) is 1.26. The van der Waals surface area contributed by atoms with Crippen LogP contribution in [0.3, 0.4) is 0 Å². The van der Waals surface area contributed by atoms with Crippen molar-refractivity contribution in [3.63, 3.8) is 0 Å². The molecule has 2 aromatic carbocycles. The number of rotatable bonds is 5. The van der Waals surface area contributed by atoms with Gasteiger partial charge in [-0.2, -0.15) is 0 Å². The van der Waals surface area contributed by atoms with Gasteiger partial charge < -0.3 is 5.32 Å². The van der Waals surface area contributed by atoms with Crippen LogP contribution in [0.5, 0.6) is 0 Å². The first-order chi connectivity index (χ1) is 9.94. The molecule has 0 aromatic heterocycles. The summed E-state index contributed by atoms with van der Waals surface area (Å²) in [7, 11) is 0. The molecule has 0 aliphatic rings. The number of carbonyl (C=O) groups excluding carboxylic acids is 1. The van der Waals surface area contributed by atoms with Crippen molar-refractivity contribution in [1.29, 1.82) is 0 Å². The highest BCUT2D eigenvalue weighted by atomic mass is 16.1. The summed E-state index contributed by atoms with van der Waals surface area (Å²) in [6.45, 7) is 6.17. The lowest BCUT2D eigenvalue weighted by molar-refractivity contribution is -0.122. The Kier molecular flexibility index (Phi) is 4.79. The number of amides is 1. The topological polar surface area (TPSA) is 29.1 Å². The van der Waals surface area contributed by atoms with Crippen molar-refractivity contribution in [3.05, 3.63) is 71.3 Å². The van der Waals surface area contributed by atoms with Gasteiger partial charge >= 0.3 is 0 Å². The number of aryl methyl sites for hydroxylation is 1. The zero-order chi connectivity index (χ0) is 15.3. The number of hydrogen-bond acceptors (Lipinski definition) is 1. The Morgan fingerprint density at radius 2 is 1.57 bits per heavy atom. The second kappa shape index (κ2) is 6.57. The smallest absolute Gasteiger partial charge is 0.224 e. The lowest BCUT2D eigenvalue weighted by Crippen LogP contribution is -2.45. The van der Waals surface area contributed by atoms with Crippen LogP contribution in [0.1, 0.15) is 30.5 Å². The third-order valence-corrected chi connectivity index (χ3v) is 3.45. The van der Waals surface area contributed by atoms with Crippen molar-refractivity contribution in [2.24, 2.45) is 0 Å². The van der Waals surface area contributed by atoms with Gasteiger partial charge in [-0.3, -0.25) is 4.79 Å². The predicted octanol–water partition coefficient (Wildman–Crippen LogP) is 3.68. The van der Waals surface area contributed by atoms with E-state index in [4.69, 9.17) is 0 Å². The Hall–Kier alpha value is -2.09. The molecule has 0 fully saturated rings. The van der Waals surface area contributed by atoms with Gasteiger partial charge in [-0.15, -0.1) is 0 Å². The fourth-order valence-electron chi connectivity index (χ4n) is 2.46. The molecule has 2 rings (SSSR count). The SMILES string of the molecule is Cc1ccc(CC(=O)NC(C)(C)Cc2ccccc2)cc1. The average molecular weight is 281 g/mol. The molecule has 1 N–H and O–H groups in total. The minimum atomic E-state index is -0.247. The van der Waals surface area contributed by atoms with Crippen LogP contribution >= 0.6 is 0 Å². The standard InChI is InChI=1S/C19H23NO/c1-15-9-11-16(12-10-15)13-18(21)20-19(2,3)14-17-7-5-4-6-8-17/h4-12H,13-14H2,1-3H3,(H,20,21). The second-order valence-electron chi connectivity index (χ2n) is 6.26. The number of benzene rings is 2. The first-order valence-electron chi connectivity index (χ1n) is 7.35. The molecule has 2 nitrogen and oxygen atoms in total. The van der Waals surface area contributed by atoms with Crippen LogP contribution < -0.4 is 5.32 Å². The van der Waals surface area contributed by atoms with Gasteiger partial charge in [-0.05, 0) is 38.3 Å². The Balaban J connectivity index is 1.93. The Morgan fingerprint density at radius 1 is 0.952 bits per heavy atom. The van der Waals surface area contributed by atoms with Crippen molar-refractivity contribution >= 4 is 5.91 Å². The quantitative estimate of drug-likeness (QED) is 0.890. The van der Waals surface area contributed by atoms with E-state index in [9.17, 15) is 4.79 Å². The summed E-state index contributed by atoms with van der Waals surface area (Å²) in [4.78, 5) is 12.2. The Bertz CT molecular complexity index is 585. The van der Waals surface area contributed by atoms with Gasteiger partial charge in [0.2, 0.25) is 5.91 Å². The molecular formula is C19H23NO. The molecule has 21 heavy (non-hydrogen) atoms. The highest BCUT2D eigenvalue weighted by Gasteiger charge is 2.20. The molecule has 0 atom stereocenters. The minimum absolute atomic E-state index is 0.0692. The summed E-state index contributed by atoms with van der Waals surface area (Å²) >= 11 is 0. The molecule has 0 aliphatic heterocycles. The molecule has 0 heterocycles. The molecule has 1 amide bonds. The molecule has 0 unspecified atom stereocenters. The van der Waals surface area contributed by atoms with Crippen molar-refractivity contribution in [1.82, 2.24) is 5.32 Å². The van der Waals surface area contributed by atoms with Crippen molar-refractivity contribution < 1.29 is 4.79 Å². The minimum Gasteiger partial charge on any atom is -0.351 e. The monoisotopic (exact) mass is 281 g/mol. The van der Waals surface area contributed by atoms with E-state index in [1.807, 2.05) is 49.4 Å². The van der Waals surface area contributed by atoms with Gasteiger partial charge in [-0.25, -0.2) is 0 Å². The van der Waals surface area contributed by atoms with Gasteiger partial charge in [-0.1, -0.05) is 60.2 Å². The number of hydrogen-bond donors (Lipinski definition) is 1. The normalized spacial score (nSPS) is 11.2. The molecule has 2 aromatic rings. The average Bonchev–Trinajstić information content (AvgIpc) is 2.41. The van der Waals surface area contributed by atoms with Crippen molar-refractivity contribution in [2.45, 2.75) is 39.2 Å². The van der Waals surface area contributed by atoms with E-state index in [1.165, 1.54) is 11.1 Å². The molecule has 0 spiro atoms. The zero-order valence-electron chi connectivity index (χ0n) is 13.0. The molecule has 0 radical (unpaired) electrons. The maximum absolute atomic E-state index is 12.2. The summed E-state index contributed by atoms with van der Waals surface area (Å²) in [5, 5.41) is 3.13. The lowest BCUT2D eigenvalue weighted by atomic mass is 9.94. The number of carbonyl (C=O) groups is 1. The first-order valence-corrected chi connectivity index (χ1v) is 7.35. The molecule has 0 aliphatic carbocycles. The molecule has 110 valence electrons. The summed E-state index contributed by atoms with van der Waals surface area (Å²) in [6, 6.07) is 18.3. The maximum Gasteiger partial charge on any atom is 0.224 e. The summed E-state index contributed by atoms with van der Waals surface area (Å²) in [5.41, 5.74) is 3.25. The Labute approximate surface area is 127 Å². The van der Waals surface area contributed by atoms with Crippen molar-refractivity contribution in [2.75, 3.05) is 0 Å². The molecule has 2 heteroatoms. The van der Waals surface area contributed by atoms with E-state index in [1.54, 1.807) is 0 Å². The third-order valence-electron chi connectivity index (χ3n) is 3.45. The van der Waals surface area contributed by atoms with Crippen LogP contribution in [0.2, 0.25) is 0 Å². The molecular weight excluding hydrogens is 258 g/mol. The molecule has 0 saturated heterocycles. The number of nitrogens with one attached hydrogen (secondary N) is 1. The van der Waals surface area contributed by atoms with Gasteiger partial charge in [0.05, 0.1) is 6.42 Å². The fourth-order valence-corrected chi connectivity index (χ4v) is 2.46. The fraction of sp³-hybridized carbons (Fsp3) is 0.316.